The molecule has 19 heavy (non-hydrogen) atoms. The summed E-state index contributed by atoms with van der Waals surface area (Å²) in [6, 6.07) is 0. The van der Waals surface area contributed by atoms with Crippen molar-refractivity contribution in [3.05, 3.63) is 0 Å². The monoisotopic (exact) mass is 297 g/mol. The largest absolute Gasteiger partial charge is 1.00 e. The van der Waals surface area contributed by atoms with Gasteiger partial charge in [0.05, 0.1) is 19.6 Å². The molecule has 0 fully saturated rings. The zero-order valence-corrected chi connectivity index (χ0v) is 14.4. The number of aliphatic carboxylic acids is 3. The van der Waals surface area contributed by atoms with Gasteiger partial charge >= 0.3 is 77.0 Å². The molecule has 0 aromatic heterocycles. The van der Waals surface area contributed by atoms with Crippen molar-refractivity contribution in [2.24, 2.45) is 0 Å². The molecule has 10 nitrogen and oxygen atoms in total. The molecule has 0 spiro atoms. The maximum absolute atomic E-state index is 10.1. The van der Waals surface area contributed by atoms with Crippen LogP contribution in [0.5, 0.6) is 0 Å². The first-order valence-corrected chi connectivity index (χ1v) is 3.90. The fourth-order valence-electron chi connectivity index (χ4n) is 0.742. The van der Waals surface area contributed by atoms with Crippen LogP contribution in [0.2, 0.25) is 0 Å². The van der Waals surface area contributed by atoms with Gasteiger partial charge in [0.2, 0.25) is 0 Å². The number of rotatable bonds is 6. The molecule has 0 rings (SSSR count). The molecule has 0 aliphatic rings. The molecular weight excluding hydrogens is 288 g/mol. The van der Waals surface area contributed by atoms with E-state index in [1.165, 1.54) is 0 Å². The first kappa shape index (κ1) is 27.1. The Kier molecular flexibility index (Phi) is 22.4. The molecule has 0 atom stereocenters. The summed E-state index contributed by atoms with van der Waals surface area (Å²) in [4.78, 5) is 39.6. The van der Waals surface area contributed by atoms with E-state index in [9.17, 15) is 14.4 Å². The van der Waals surface area contributed by atoms with Crippen LogP contribution in [-0.2, 0) is 14.4 Å². The smallest absolute Gasteiger partial charge is 0.652 e. The number of hydrogen-bond donors (Lipinski definition) is 3. The van der Waals surface area contributed by atoms with E-state index < -0.39 is 43.7 Å². The molecule has 0 heterocycles. The molecule has 0 aromatic rings. The van der Waals surface area contributed by atoms with Gasteiger partial charge in [0, 0.05) is 0 Å². The summed E-state index contributed by atoms with van der Waals surface area (Å²) in [6.45, 7) is -1.80. The van der Waals surface area contributed by atoms with E-state index in [1.54, 1.807) is 0 Å². The predicted molar refractivity (Wildman–Crippen MR) is 44.7 cm³/mol. The van der Waals surface area contributed by atoms with Crippen LogP contribution in [0, 0.1) is 0 Å². The summed E-state index contributed by atoms with van der Waals surface area (Å²) in [5.74, 6) is -3.78. The second kappa shape index (κ2) is 15.7. The van der Waals surface area contributed by atoms with Gasteiger partial charge in [0.15, 0.2) is 0 Å². The summed E-state index contributed by atoms with van der Waals surface area (Å²) in [5.41, 5.74) is 0. The van der Waals surface area contributed by atoms with Crippen molar-refractivity contribution in [1.82, 2.24) is 4.90 Å². The Morgan fingerprint density at radius 1 is 0.737 bits per heavy atom. The van der Waals surface area contributed by atoms with E-state index in [1.807, 2.05) is 0 Å². The van der Waals surface area contributed by atoms with Gasteiger partial charge in [0.1, 0.15) is 0 Å². The van der Waals surface area contributed by atoms with Crippen molar-refractivity contribution < 1.29 is 104 Å². The van der Waals surface area contributed by atoms with Crippen molar-refractivity contribution in [1.29, 1.82) is 0 Å². The Hall–Kier alpha value is -0.360. The Balaban J connectivity index is -0.000000165. The third-order valence-electron chi connectivity index (χ3n) is 1.08. The Bertz CT molecular complexity index is 267. The van der Waals surface area contributed by atoms with Crippen molar-refractivity contribution in [2.45, 2.75) is 0 Å². The van der Waals surface area contributed by atoms with Crippen molar-refractivity contribution >= 4 is 24.1 Å². The molecule has 0 bridgehead atoms. The molecule has 0 saturated carbocycles. The first-order chi connectivity index (χ1) is 7.65. The van der Waals surface area contributed by atoms with Gasteiger partial charge in [-0.15, -0.1) is 0 Å². The maximum atomic E-state index is 10.1. The van der Waals surface area contributed by atoms with Crippen LogP contribution in [0.4, 0.5) is 4.79 Å². The van der Waals surface area contributed by atoms with Gasteiger partial charge in [-0.1, -0.05) is 0 Å². The Morgan fingerprint density at radius 2 is 0.895 bits per heavy atom. The van der Waals surface area contributed by atoms with Gasteiger partial charge in [-0.3, -0.25) is 19.3 Å². The van der Waals surface area contributed by atoms with E-state index >= 15 is 0 Å². The summed E-state index contributed by atoms with van der Waals surface area (Å²) >= 11 is 0. The normalized spacial score (nSPS) is 8.05. The van der Waals surface area contributed by atoms with Crippen LogP contribution in [0.1, 0.15) is 0 Å². The number of carboxylic acids is 3. The Morgan fingerprint density at radius 3 is 1.00 bits per heavy atom. The minimum Gasteiger partial charge on any atom is -0.652 e. The average molecular weight is 297 g/mol. The van der Waals surface area contributed by atoms with Crippen LogP contribution < -0.4 is 69.3 Å². The van der Waals surface area contributed by atoms with E-state index in [2.05, 4.69) is 0 Å². The van der Waals surface area contributed by atoms with Crippen LogP contribution in [-0.4, -0.2) is 63.9 Å². The molecule has 12 heteroatoms. The first-order valence-electron chi connectivity index (χ1n) is 3.90. The van der Waals surface area contributed by atoms with E-state index in [0.29, 0.717) is 0 Å². The number of hydrogen-bond acceptors (Lipinski definition) is 7. The van der Waals surface area contributed by atoms with Crippen LogP contribution in [0.3, 0.4) is 0 Å². The van der Waals surface area contributed by atoms with Crippen LogP contribution in [0.25, 0.3) is 0 Å². The van der Waals surface area contributed by atoms with E-state index in [-0.39, 0.29) is 59.1 Å². The molecule has 98 valence electrons. The average Bonchev–Trinajstić information content (AvgIpc) is 1.96. The summed E-state index contributed by atoms with van der Waals surface area (Å²) < 4.78 is 0. The number of carbonyl (C=O) groups excluding carboxylic acids is 1. The van der Waals surface area contributed by atoms with Crippen molar-refractivity contribution in [3.8, 4) is 0 Å². The van der Waals surface area contributed by atoms with Gasteiger partial charge in [-0.25, -0.2) is 0 Å². The minimum atomic E-state index is -2.33. The topological polar surface area (TPSA) is 178 Å². The molecular formula is C7H9NNa2O9. The standard InChI is InChI=1S/C6H9NO6.CH2O3.2Na/c8-4(9)1-7(2-5(10)11)3-6(12)13;2-1(3)4;;/h1-3H2,(H,8,9)(H,10,11)(H,12,13);(H2,2,3,4);;/q;;2*+1/p-2. The molecule has 0 aliphatic carbocycles. The summed E-state index contributed by atoms with van der Waals surface area (Å²) in [5, 5.41) is 41.5. The molecule has 0 unspecified atom stereocenters. The minimum absolute atomic E-state index is 0. The zero-order valence-electron chi connectivity index (χ0n) is 10.4. The summed E-state index contributed by atoms with van der Waals surface area (Å²) in [6.07, 6.45) is -2.33. The molecule has 0 radical (unpaired) electrons. The van der Waals surface area contributed by atoms with Gasteiger partial charge in [0.25, 0.3) is 0 Å². The van der Waals surface area contributed by atoms with E-state index in [0.717, 1.165) is 4.90 Å². The SMILES string of the molecule is O=C(O)CN(CC(=O)O)CC(=O)O.O=C([O-])[O-].[Na+].[Na+]. The van der Waals surface area contributed by atoms with Crippen molar-refractivity contribution in [3.63, 3.8) is 0 Å². The van der Waals surface area contributed by atoms with Crippen LogP contribution >= 0.6 is 0 Å². The number of nitrogens with zero attached hydrogens (tertiary/aromatic N) is 1. The van der Waals surface area contributed by atoms with Gasteiger partial charge < -0.3 is 30.3 Å². The third-order valence-corrected chi connectivity index (χ3v) is 1.08. The zero-order chi connectivity index (χ0) is 14.0. The molecule has 0 aliphatic heterocycles. The second-order valence-electron chi connectivity index (χ2n) is 2.58. The van der Waals surface area contributed by atoms with Crippen LogP contribution in [0.15, 0.2) is 0 Å². The molecule has 0 saturated heterocycles. The fourth-order valence-corrected chi connectivity index (χ4v) is 0.742. The molecule has 3 N–H and O–H groups in total. The molecule has 0 amide bonds. The van der Waals surface area contributed by atoms with Crippen molar-refractivity contribution in [2.75, 3.05) is 19.6 Å². The fraction of sp³-hybridized carbons (Fsp3) is 0.429. The van der Waals surface area contributed by atoms with Gasteiger partial charge in [-0.05, 0) is 6.16 Å². The summed E-state index contributed by atoms with van der Waals surface area (Å²) in [7, 11) is 0. The Labute approximate surface area is 151 Å². The van der Waals surface area contributed by atoms with E-state index in [4.69, 9.17) is 30.3 Å². The quantitative estimate of drug-likeness (QED) is 0.398. The maximum Gasteiger partial charge on any atom is 1.00 e. The van der Waals surface area contributed by atoms with Gasteiger partial charge in [-0.2, -0.15) is 0 Å². The number of carbonyl (C=O) groups is 4. The third kappa shape index (κ3) is 31.8. The predicted octanol–water partition coefficient (Wildman–Crippen LogP) is -9.90. The second-order valence-corrected chi connectivity index (χ2v) is 2.58. The molecule has 0 aromatic carbocycles. The number of carboxylic acid groups (broad SMARTS) is 5.